The summed E-state index contributed by atoms with van der Waals surface area (Å²) >= 11 is 0.749. The number of nitrogens with zero attached hydrogens (tertiary/aromatic N) is 1. The molecular formula is C9H10N2O4S. The molecule has 0 bridgehead atoms. The number of morpholine rings is 1. The van der Waals surface area contributed by atoms with Crippen molar-refractivity contribution in [1.82, 2.24) is 10.2 Å². The first-order valence-corrected chi connectivity index (χ1v) is 5.60. The molecule has 16 heavy (non-hydrogen) atoms. The van der Waals surface area contributed by atoms with Gasteiger partial charge in [0.2, 0.25) is 5.91 Å². The molecule has 86 valence electrons. The van der Waals surface area contributed by atoms with Gasteiger partial charge in [-0.25, -0.2) is 0 Å². The zero-order chi connectivity index (χ0) is 11.5. The van der Waals surface area contributed by atoms with Crippen molar-refractivity contribution in [1.29, 1.82) is 0 Å². The summed E-state index contributed by atoms with van der Waals surface area (Å²) in [6.07, 6.45) is 1.20. The van der Waals surface area contributed by atoms with E-state index >= 15 is 0 Å². The number of rotatable bonds is 1. The number of carbonyl (C=O) groups is 3. The van der Waals surface area contributed by atoms with Crippen LogP contribution in [0.25, 0.3) is 0 Å². The molecule has 2 aliphatic rings. The van der Waals surface area contributed by atoms with E-state index < -0.39 is 11.1 Å². The number of hydrogen-bond acceptors (Lipinski definition) is 5. The summed E-state index contributed by atoms with van der Waals surface area (Å²) in [6.45, 7) is 2.05. The van der Waals surface area contributed by atoms with Crippen molar-refractivity contribution >= 4 is 28.8 Å². The van der Waals surface area contributed by atoms with Crippen LogP contribution in [-0.2, 0) is 14.3 Å². The number of imide groups is 1. The zero-order valence-electron chi connectivity index (χ0n) is 8.39. The first-order chi connectivity index (χ1) is 7.66. The highest BCUT2D eigenvalue weighted by Gasteiger charge is 2.27. The van der Waals surface area contributed by atoms with Crippen molar-refractivity contribution in [3.63, 3.8) is 0 Å². The number of nitrogens with one attached hydrogen (secondary N) is 1. The van der Waals surface area contributed by atoms with Crippen LogP contribution >= 0.6 is 11.8 Å². The van der Waals surface area contributed by atoms with Gasteiger partial charge in [0.15, 0.2) is 0 Å². The van der Waals surface area contributed by atoms with Crippen LogP contribution < -0.4 is 5.32 Å². The lowest BCUT2D eigenvalue weighted by Crippen LogP contribution is -2.40. The number of ether oxygens (including phenoxy) is 1. The monoisotopic (exact) mass is 242 g/mol. The van der Waals surface area contributed by atoms with Gasteiger partial charge in [0.1, 0.15) is 0 Å². The Balaban J connectivity index is 2.02. The van der Waals surface area contributed by atoms with Gasteiger partial charge in [-0.05, 0) is 11.8 Å². The van der Waals surface area contributed by atoms with Gasteiger partial charge in [-0.3, -0.25) is 19.7 Å². The normalized spacial score (nSPS) is 23.8. The maximum absolute atomic E-state index is 11.7. The predicted molar refractivity (Wildman–Crippen MR) is 56.6 cm³/mol. The van der Waals surface area contributed by atoms with Crippen LogP contribution in [0.15, 0.2) is 11.0 Å². The highest BCUT2D eigenvalue weighted by atomic mass is 32.2. The number of hydrogen-bond donors (Lipinski definition) is 1. The molecule has 2 fully saturated rings. The minimum absolute atomic E-state index is 0.154. The third kappa shape index (κ3) is 2.42. The molecule has 0 aromatic heterocycles. The second kappa shape index (κ2) is 4.67. The minimum atomic E-state index is -0.503. The van der Waals surface area contributed by atoms with Gasteiger partial charge in [-0.15, -0.1) is 0 Å². The molecule has 2 saturated heterocycles. The molecule has 3 amide bonds. The summed E-state index contributed by atoms with van der Waals surface area (Å²) in [5, 5.41) is 1.66. The summed E-state index contributed by atoms with van der Waals surface area (Å²) in [5.41, 5.74) is 0. The Kier molecular flexibility index (Phi) is 3.25. The molecule has 0 aromatic rings. The summed E-state index contributed by atoms with van der Waals surface area (Å²) < 4.78 is 5.10. The molecule has 2 rings (SSSR count). The summed E-state index contributed by atoms with van der Waals surface area (Å²) in [5.74, 6) is -0.757. The highest BCUT2D eigenvalue weighted by Crippen LogP contribution is 2.23. The topological polar surface area (TPSA) is 75.7 Å². The van der Waals surface area contributed by atoms with Crippen LogP contribution in [0.2, 0.25) is 0 Å². The Bertz CT molecular complexity index is 374. The lowest BCUT2D eigenvalue weighted by molar-refractivity contribution is -0.130. The molecule has 2 heterocycles. The SMILES string of the molecule is O=C1NC(=O)/C(=C\C(=O)N2CCOCC2)S1. The second-order valence-electron chi connectivity index (χ2n) is 3.29. The molecule has 6 nitrogen and oxygen atoms in total. The van der Waals surface area contributed by atoms with Gasteiger partial charge in [-0.2, -0.15) is 0 Å². The van der Waals surface area contributed by atoms with E-state index in [9.17, 15) is 14.4 Å². The fourth-order valence-corrected chi connectivity index (χ4v) is 2.06. The summed E-state index contributed by atoms with van der Waals surface area (Å²) in [7, 11) is 0. The van der Waals surface area contributed by atoms with E-state index in [2.05, 4.69) is 5.32 Å². The van der Waals surface area contributed by atoms with Gasteiger partial charge in [0, 0.05) is 19.2 Å². The largest absolute Gasteiger partial charge is 0.378 e. The first kappa shape index (κ1) is 11.2. The van der Waals surface area contributed by atoms with Crippen molar-refractivity contribution in [2.45, 2.75) is 0 Å². The van der Waals surface area contributed by atoms with Crippen LogP contribution in [0.5, 0.6) is 0 Å². The maximum atomic E-state index is 11.7. The minimum Gasteiger partial charge on any atom is -0.378 e. The summed E-state index contributed by atoms with van der Waals surface area (Å²) in [4.78, 5) is 35.5. The molecule has 0 saturated carbocycles. The van der Waals surface area contributed by atoms with E-state index in [0.29, 0.717) is 26.3 Å². The van der Waals surface area contributed by atoms with Gasteiger partial charge in [-0.1, -0.05) is 0 Å². The van der Waals surface area contributed by atoms with Crippen LogP contribution in [-0.4, -0.2) is 48.3 Å². The highest BCUT2D eigenvalue weighted by molar-refractivity contribution is 8.18. The van der Waals surface area contributed by atoms with E-state index in [1.807, 2.05) is 0 Å². The van der Waals surface area contributed by atoms with E-state index in [1.54, 1.807) is 4.90 Å². The molecule has 0 radical (unpaired) electrons. The van der Waals surface area contributed by atoms with Crippen LogP contribution in [0.4, 0.5) is 4.79 Å². The van der Waals surface area contributed by atoms with Crippen molar-refractivity contribution < 1.29 is 19.1 Å². The first-order valence-electron chi connectivity index (χ1n) is 4.78. The zero-order valence-corrected chi connectivity index (χ0v) is 9.21. The average molecular weight is 242 g/mol. The number of thioether (sulfide) groups is 1. The lowest BCUT2D eigenvalue weighted by atomic mass is 10.3. The van der Waals surface area contributed by atoms with E-state index in [1.165, 1.54) is 6.08 Å². The van der Waals surface area contributed by atoms with Crippen molar-refractivity contribution in [3.05, 3.63) is 11.0 Å². The second-order valence-corrected chi connectivity index (χ2v) is 4.30. The molecule has 0 aliphatic carbocycles. The van der Waals surface area contributed by atoms with Crippen LogP contribution in [0.1, 0.15) is 0 Å². The molecule has 0 aromatic carbocycles. The third-order valence-corrected chi connectivity index (χ3v) is 3.03. The van der Waals surface area contributed by atoms with Crippen molar-refractivity contribution in [2.24, 2.45) is 0 Å². The Hall–Kier alpha value is -1.34. The van der Waals surface area contributed by atoms with Gasteiger partial charge in [0.05, 0.1) is 18.1 Å². The van der Waals surface area contributed by atoms with Gasteiger partial charge < -0.3 is 9.64 Å². The Morgan fingerprint density at radius 3 is 2.62 bits per heavy atom. The quantitative estimate of drug-likeness (QED) is 0.640. The molecule has 0 atom stereocenters. The van der Waals surface area contributed by atoms with Crippen LogP contribution in [0, 0.1) is 0 Å². The van der Waals surface area contributed by atoms with E-state index in [-0.39, 0.29) is 10.8 Å². The van der Waals surface area contributed by atoms with Crippen molar-refractivity contribution in [2.75, 3.05) is 26.3 Å². The third-order valence-electron chi connectivity index (χ3n) is 2.22. The van der Waals surface area contributed by atoms with Crippen LogP contribution in [0.3, 0.4) is 0 Å². The molecule has 1 N–H and O–H groups in total. The Morgan fingerprint density at radius 1 is 1.38 bits per heavy atom. The molecule has 2 aliphatic heterocycles. The number of carbonyl (C=O) groups excluding carboxylic acids is 3. The van der Waals surface area contributed by atoms with Gasteiger partial charge in [0.25, 0.3) is 11.1 Å². The molecule has 7 heteroatoms. The molecule has 0 unspecified atom stereocenters. The smallest absolute Gasteiger partial charge is 0.290 e. The van der Waals surface area contributed by atoms with Gasteiger partial charge >= 0.3 is 0 Å². The fourth-order valence-electron chi connectivity index (χ4n) is 1.41. The van der Waals surface area contributed by atoms with E-state index in [4.69, 9.17) is 4.74 Å². The maximum Gasteiger partial charge on any atom is 0.290 e. The van der Waals surface area contributed by atoms with E-state index in [0.717, 1.165) is 11.8 Å². The molecular weight excluding hydrogens is 232 g/mol. The van der Waals surface area contributed by atoms with Crippen molar-refractivity contribution in [3.8, 4) is 0 Å². The number of amides is 3. The lowest BCUT2D eigenvalue weighted by Gasteiger charge is -2.25. The average Bonchev–Trinajstić information content (AvgIpc) is 2.59. The Labute approximate surface area is 96.0 Å². The predicted octanol–water partition coefficient (Wildman–Crippen LogP) is -0.288. The Morgan fingerprint density at radius 2 is 2.06 bits per heavy atom. The fraction of sp³-hybridized carbons (Fsp3) is 0.444. The summed E-state index contributed by atoms with van der Waals surface area (Å²) in [6, 6.07) is 0. The standard InChI is InChI=1S/C9H10N2O4S/c12-7(11-1-3-15-4-2-11)5-6-8(13)10-9(14)16-6/h5H,1-4H2,(H,10,13,14)/b6-5+. The molecule has 0 spiro atoms.